The highest BCUT2D eigenvalue weighted by Crippen LogP contribution is 2.47. The fourth-order valence-corrected chi connectivity index (χ4v) is 4.48. The van der Waals surface area contributed by atoms with Crippen LogP contribution in [0.2, 0.25) is 0 Å². The lowest BCUT2D eigenvalue weighted by Gasteiger charge is -2.23. The van der Waals surface area contributed by atoms with Gasteiger partial charge in [0.25, 0.3) is 5.91 Å². The fourth-order valence-electron chi connectivity index (χ4n) is 3.31. The van der Waals surface area contributed by atoms with Crippen LogP contribution in [0.15, 0.2) is 65.8 Å². The lowest BCUT2D eigenvalue weighted by molar-refractivity contribution is 0.0746. The molecule has 0 saturated carbocycles. The number of carbonyl (C=O) groups is 1. The Morgan fingerprint density at radius 1 is 0.938 bits per heavy atom. The predicted molar refractivity (Wildman–Crippen MR) is 115 cm³/mol. The molecule has 1 heterocycles. The van der Waals surface area contributed by atoms with E-state index < -0.39 is 28.7 Å². The molecule has 164 valence electrons. The number of benzene rings is 3. The zero-order chi connectivity index (χ0) is 22.8. The zero-order valence-corrected chi connectivity index (χ0v) is 17.8. The van der Waals surface area contributed by atoms with Crippen molar-refractivity contribution in [2.24, 2.45) is 5.10 Å². The maximum absolute atomic E-state index is 13.8. The lowest BCUT2D eigenvalue weighted by atomic mass is 10.1. The first-order chi connectivity index (χ1) is 15.4. The first-order valence-corrected chi connectivity index (χ1v) is 10.3. The Morgan fingerprint density at radius 3 is 2.25 bits per heavy atom. The molecule has 0 saturated heterocycles. The number of carbonyl (C=O) groups excluding carboxylic acids is 1. The molecule has 0 N–H and O–H groups in total. The second kappa shape index (κ2) is 8.96. The molecule has 0 fully saturated rings. The Morgan fingerprint density at radius 2 is 1.62 bits per heavy atom. The van der Waals surface area contributed by atoms with E-state index in [1.165, 1.54) is 50.2 Å². The molecule has 9 heteroatoms. The minimum Gasteiger partial charge on any atom is -0.493 e. The Bertz CT molecular complexity index is 1180. The summed E-state index contributed by atoms with van der Waals surface area (Å²) in [6.07, 6.45) is 0. The molecule has 0 spiro atoms. The smallest absolute Gasteiger partial charge is 0.275 e. The third-order valence-electron chi connectivity index (χ3n) is 4.75. The van der Waals surface area contributed by atoms with Crippen LogP contribution in [0.25, 0.3) is 0 Å². The van der Waals surface area contributed by atoms with Gasteiger partial charge in [0.2, 0.25) is 0 Å². The van der Waals surface area contributed by atoms with E-state index in [0.717, 1.165) is 17.1 Å². The Balaban J connectivity index is 1.81. The van der Waals surface area contributed by atoms with E-state index in [1.54, 1.807) is 18.2 Å². The monoisotopic (exact) mass is 458 g/mol. The molecule has 0 radical (unpaired) electrons. The molecule has 3 aromatic carbocycles. The number of para-hydroxylation sites is 1. The fraction of sp³-hybridized carbons (Fsp3) is 0.130. The van der Waals surface area contributed by atoms with Crippen LogP contribution in [0.1, 0.15) is 26.9 Å². The van der Waals surface area contributed by atoms with E-state index in [1.807, 2.05) is 0 Å². The van der Waals surface area contributed by atoms with E-state index >= 15 is 0 Å². The summed E-state index contributed by atoms with van der Waals surface area (Å²) in [5, 5.41) is 5.26. The summed E-state index contributed by atoms with van der Waals surface area (Å²) in [6, 6.07) is 13.4. The van der Waals surface area contributed by atoms with Gasteiger partial charge in [0.1, 0.15) is 27.9 Å². The Kier molecular flexibility index (Phi) is 6.09. The minimum atomic E-state index is -0.876. The quantitative estimate of drug-likeness (QED) is 0.516. The number of thioether (sulfide) groups is 1. The highest BCUT2D eigenvalue weighted by molar-refractivity contribution is 8.14. The molecule has 5 nitrogen and oxygen atoms in total. The molecule has 0 aromatic heterocycles. The number of nitrogens with zero attached hydrogens (tertiary/aromatic N) is 2. The van der Waals surface area contributed by atoms with Crippen LogP contribution in [-0.4, -0.2) is 30.2 Å². The number of amides is 1. The lowest BCUT2D eigenvalue weighted by Crippen LogP contribution is -2.26. The molecule has 1 unspecified atom stereocenters. The van der Waals surface area contributed by atoms with Crippen molar-refractivity contribution in [2.45, 2.75) is 5.37 Å². The number of hydrogen-bond donors (Lipinski definition) is 0. The summed E-state index contributed by atoms with van der Waals surface area (Å²) in [4.78, 5) is 13.3. The largest absolute Gasteiger partial charge is 0.493 e. The predicted octanol–water partition coefficient (Wildman–Crippen LogP) is 5.37. The van der Waals surface area contributed by atoms with Gasteiger partial charge in [-0.3, -0.25) is 4.79 Å². The molecular formula is C23H17F3N2O3S. The standard InChI is InChI=1S/C23H17F3N2O3S/c1-30-19-5-3-4-18(20(19)31-2)23-28(22(29)14-10-16(25)12-17(26)11-14)27-21(32-23)13-6-8-15(24)9-7-13/h3-12,23H,1-2H3. The van der Waals surface area contributed by atoms with Crippen LogP contribution < -0.4 is 9.47 Å². The molecule has 0 bridgehead atoms. The maximum atomic E-state index is 13.8. The van der Waals surface area contributed by atoms with Crippen molar-refractivity contribution in [1.29, 1.82) is 0 Å². The Labute approximate surface area is 186 Å². The Hall–Kier alpha value is -3.46. The van der Waals surface area contributed by atoms with Crippen molar-refractivity contribution in [1.82, 2.24) is 5.01 Å². The van der Waals surface area contributed by atoms with Crippen molar-refractivity contribution < 1.29 is 27.4 Å². The molecule has 4 rings (SSSR count). The second-order valence-electron chi connectivity index (χ2n) is 6.77. The van der Waals surface area contributed by atoms with Gasteiger partial charge in [-0.25, -0.2) is 18.2 Å². The number of halogens is 3. The average Bonchev–Trinajstić information content (AvgIpc) is 3.23. The van der Waals surface area contributed by atoms with Crippen molar-refractivity contribution in [3.8, 4) is 11.5 Å². The van der Waals surface area contributed by atoms with E-state index in [0.29, 0.717) is 33.7 Å². The van der Waals surface area contributed by atoms with Crippen LogP contribution >= 0.6 is 11.8 Å². The van der Waals surface area contributed by atoms with Crippen LogP contribution in [0.5, 0.6) is 11.5 Å². The minimum absolute atomic E-state index is 0.195. The SMILES string of the molecule is COc1cccc(C2SC(c3ccc(F)cc3)=NN2C(=O)c2cc(F)cc(F)c2)c1OC. The average molecular weight is 458 g/mol. The summed E-state index contributed by atoms with van der Waals surface area (Å²) >= 11 is 1.22. The third kappa shape index (κ3) is 4.16. The molecule has 0 aliphatic carbocycles. The second-order valence-corrected chi connectivity index (χ2v) is 7.84. The van der Waals surface area contributed by atoms with Gasteiger partial charge in [-0.1, -0.05) is 23.9 Å². The van der Waals surface area contributed by atoms with Gasteiger partial charge in [0, 0.05) is 22.8 Å². The molecule has 32 heavy (non-hydrogen) atoms. The zero-order valence-electron chi connectivity index (χ0n) is 17.0. The maximum Gasteiger partial charge on any atom is 0.275 e. The van der Waals surface area contributed by atoms with E-state index in [9.17, 15) is 18.0 Å². The topological polar surface area (TPSA) is 51.1 Å². The third-order valence-corrected chi connectivity index (χ3v) is 5.97. The van der Waals surface area contributed by atoms with Crippen molar-refractivity contribution in [2.75, 3.05) is 14.2 Å². The summed E-state index contributed by atoms with van der Waals surface area (Å²) in [6.45, 7) is 0. The van der Waals surface area contributed by atoms with Gasteiger partial charge in [-0.05, 0) is 42.5 Å². The molecule has 3 aromatic rings. The summed E-state index contributed by atoms with van der Waals surface area (Å²) in [5.74, 6) is -2.03. The normalized spacial score (nSPS) is 15.5. The van der Waals surface area contributed by atoms with Gasteiger partial charge in [-0.2, -0.15) is 5.10 Å². The number of rotatable bonds is 5. The molecule has 1 atom stereocenters. The van der Waals surface area contributed by atoms with Crippen LogP contribution in [0.4, 0.5) is 13.2 Å². The van der Waals surface area contributed by atoms with Gasteiger partial charge < -0.3 is 9.47 Å². The molecule has 1 aliphatic rings. The van der Waals surface area contributed by atoms with E-state index in [2.05, 4.69) is 5.10 Å². The molecule has 1 amide bonds. The first-order valence-electron chi connectivity index (χ1n) is 9.43. The first kappa shape index (κ1) is 21.8. The molecular weight excluding hydrogens is 441 g/mol. The van der Waals surface area contributed by atoms with Gasteiger partial charge >= 0.3 is 0 Å². The van der Waals surface area contributed by atoms with Crippen LogP contribution in [0.3, 0.4) is 0 Å². The highest BCUT2D eigenvalue weighted by atomic mass is 32.2. The van der Waals surface area contributed by atoms with E-state index in [4.69, 9.17) is 9.47 Å². The van der Waals surface area contributed by atoms with Gasteiger partial charge in [-0.15, -0.1) is 0 Å². The van der Waals surface area contributed by atoms with Gasteiger partial charge in [0.15, 0.2) is 11.5 Å². The highest BCUT2D eigenvalue weighted by Gasteiger charge is 2.37. The molecule has 1 aliphatic heterocycles. The number of hydrogen-bond acceptors (Lipinski definition) is 5. The van der Waals surface area contributed by atoms with Crippen molar-refractivity contribution in [3.05, 3.63) is 94.8 Å². The van der Waals surface area contributed by atoms with E-state index in [-0.39, 0.29) is 5.56 Å². The summed E-state index contributed by atoms with van der Waals surface area (Å²) in [7, 11) is 2.96. The summed E-state index contributed by atoms with van der Waals surface area (Å²) < 4.78 is 51.8. The van der Waals surface area contributed by atoms with Crippen molar-refractivity contribution >= 4 is 22.7 Å². The summed E-state index contributed by atoms with van der Waals surface area (Å²) in [5.41, 5.74) is 0.964. The van der Waals surface area contributed by atoms with Crippen LogP contribution in [-0.2, 0) is 0 Å². The van der Waals surface area contributed by atoms with Crippen LogP contribution in [0, 0.1) is 17.5 Å². The van der Waals surface area contributed by atoms with Gasteiger partial charge in [0.05, 0.1) is 14.2 Å². The van der Waals surface area contributed by atoms with Crippen molar-refractivity contribution in [3.63, 3.8) is 0 Å². The number of hydrazone groups is 1. The number of ether oxygens (including phenoxy) is 2. The number of methoxy groups -OCH3 is 2.